The van der Waals surface area contributed by atoms with Crippen LogP contribution in [-0.2, 0) is 11.3 Å². The minimum absolute atomic E-state index is 0. The molecular formula is C21H21ClN2O3. The van der Waals surface area contributed by atoms with Gasteiger partial charge in [-0.1, -0.05) is 35.9 Å². The van der Waals surface area contributed by atoms with Crippen molar-refractivity contribution < 1.29 is 14.3 Å². The average molecular weight is 385 g/mol. The molecule has 0 fully saturated rings. The van der Waals surface area contributed by atoms with Gasteiger partial charge >= 0.3 is 5.97 Å². The first-order valence-corrected chi connectivity index (χ1v) is 8.47. The van der Waals surface area contributed by atoms with Crippen LogP contribution >= 0.6 is 12.4 Å². The molecule has 1 aromatic carbocycles. The van der Waals surface area contributed by atoms with Gasteiger partial charge in [-0.05, 0) is 32.0 Å². The van der Waals surface area contributed by atoms with Crippen LogP contribution in [0.1, 0.15) is 44.6 Å². The fourth-order valence-electron chi connectivity index (χ4n) is 2.68. The van der Waals surface area contributed by atoms with E-state index in [-0.39, 0.29) is 24.8 Å². The van der Waals surface area contributed by atoms with Crippen molar-refractivity contribution in [3.05, 3.63) is 89.0 Å². The molecule has 140 valence electrons. The Hall–Kier alpha value is -2.92. The van der Waals surface area contributed by atoms with E-state index in [1.54, 1.807) is 42.1 Å². The van der Waals surface area contributed by atoms with Crippen molar-refractivity contribution in [1.82, 2.24) is 9.55 Å². The molecule has 3 rings (SSSR count). The number of carbonyl (C=O) groups is 2. The Kier molecular flexibility index (Phi) is 6.91. The molecule has 6 heteroatoms. The Morgan fingerprint density at radius 1 is 1.07 bits per heavy atom. The van der Waals surface area contributed by atoms with Crippen LogP contribution < -0.4 is 0 Å². The van der Waals surface area contributed by atoms with Crippen molar-refractivity contribution in [2.75, 3.05) is 6.61 Å². The molecular weight excluding hydrogens is 364 g/mol. The lowest BCUT2D eigenvalue weighted by Crippen LogP contribution is -2.11. The Bertz CT molecular complexity index is 918. The molecule has 5 nitrogen and oxygen atoms in total. The lowest BCUT2D eigenvalue weighted by atomic mass is 10.1. The van der Waals surface area contributed by atoms with E-state index in [9.17, 15) is 9.59 Å². The van der Waals surface area contributed by atoms with Gasteiger partial charge in [-0.15, -0.1) is 12.4 Å². The first kappa shape index (κ1) is 20.4. The Morgan fingerprint density at radius 3 is 2.44 bits per heavy atom. The third-order valence-electron chi connectivity index (χ3n) is 4.01. The standard InChI is InChI=1S/C21H20N2O3.ClH/c1-3-26-21(25)17-12-19(20(24)16-9-7-15(2)8-10-16)23(13-17)14-18-6-4-5-11-22-18;/h4-13H,3,14H2,1-2H3;1H. The number of aromatic nitrogens is 2. The Balaban J connectivity index is 0.00000261. The molecule has 0 aliphatic carbocycles. The molecule has 0 spiro atoms. The number of aryl methyl sites for hydroxylation is 1. The molecule has 2 heterocycles. The molecule has 0 bridgehead atoms. The van der Waals surface area contributed by atoms with E-state index in [2.05, 4.69) is 4.98 Å². The first-order valence-electron chi connectivity index (χ1n) is 8.47. The van der Waals surface area contributed by atoms with Crippen molar-refractivity contribution in [2.45, 2.75) is 20.4 Å². The first-order chi connectivity index (χ1) is 12.6. The Morgan fingerprint density at radius 2 is 1.81 bits per heavy atom. The summed E-state index contributed by atoms with van der Waals surface area (Å²) >= 11 is 0. The molecule has 0 amide bonds. The summed E-state index contributed by atoms with van der Waals surface area (Å²) < 4.78 is 6.82. The molecule has 0 atom stereocenters. The zero-order valence-electron chi connectivity index (χ0n) is 15.2. The van der Waals surface area contributed by atoms with E-state index in [1.165, 1.54) is 0 Å². The number of ether oxygens (including phenoxy) is 1. The highest BCUT2D eigenvalue weighted by Crippen LogP contribution is 2.17. The van der Waals surface area contributed by atoms with E-state index in [0.29, 0.717) is 23.4 Å². The number of hydrogen-bond acceptors (Lipinski definition) is 4. The number of halogens is 1. The largest absolute Gasteiger partial charge is 0.462 e. The van der Waals surface area contributed by atoms with Gasteiger partial charge in [-0.25, -0.2) is 4.79 Å². The number of carbonyl (C=O) groups excluding carboxylic acids is 2. The highest BCUT2D eigenvalue weighted by atomic mass is 35.5. The van der Waals surface area contributed by atoms with Crippen molar-refractivity contribution >= 4 is 24.2 Å². The van der Waals surface area contributed by atoms with Crippen LogP contribution in [0.2, 0.25) is 0 Å². The quantitative estimate of drug-likeness (QED) is 0.474. The summed E-state index contributed by atoms with van der Waals surface area (Å²) in [6, 6.07) is 14.6. The van der Waals surface area contributed by atoms with Crippen LogP contribution in [0, 0.1) is 6.92 Å². The van der Waals surface area contributed by atoms with Crippen LogP contribution in [0.15, 0.2) is 60.9 Å². The summed E-state index contributed by atoms with van der Waals surface area (Å²) in [5.74, 6) is -0.582. The summed E-state index contributed by atoms with van der Waals surface area (Å²) in [6.45, 7) is 4.40. The molecule has 0 aliphatic heterocycles. The van der Waals surface area contributed by atoms with Crippen LogP contribution in [0.4, 0.5) is 0 Å². The van der Waals surface area contributed by atoms with E-state index in [4.69, 9.17) is 4.74 Å². The summed E-state index contributed by atoms with van der Waals surface area (Å²) in [5, 5.41) is 0. The predicted molar refractivity (Wildman–Crippen MR) is 106 cm³/mol. The average Bonchev–Trinajstić information content (AvgIpc) is 3.07. The molecule has 0 saturated carbocycles. The molecule has 0 N–H and O–H groups in total. The summed E-state index contributed by atoms with van der Waals surface area (Å²) in [7, 11) is 0. The summed E-state index contributed by atoms with van der Waals surface area (Å²) in [6.07, 6.45) is 3.35. The van der Waals surface area contributed by atoms with Crippen LogP contribution in [0.3, 0.4) is 0 Å². The summed E-state index contributed by atoms with van der Waals surface area (Å²) in [5.41, 5.74) is 3.25. The fourth-order valence-corrected chi connectivity index (χ4v) is 2.68. The topological polar surface area (TPSA) is 61.2 Å². The lowest BCUT2D eigenvalue weighted by Gasteiger charge is -2.08. The molecule has 0 aliphatic rings. The van der Waals surface area contributed by atoms with Gasteiger partial charge in [-0.3, -0.25) is 9.78 Å². The monoisotopic (exact) mass is 384 g/mol. The van der Waals surface area contributed by atoms with E-state index < -0.39 is 5.97 Å². The van der Waals surface area contributed by atoms with E-state index >= 15 is 0 Å². The van der Waals surface area contributed by atoms with E-state index in [1.807, 2.05) is 37.3 Å². The van der Waals surface area contributed by atoms with Gasteiger partial charge in [0.2, 0.25) is 5.78 Å². The van der Waals surface area contributed by atoms with Gasteiger partial charge in [0.1, 0.15) is 0 Å². The number of esters is 1. The number of nitrogens with zero attached hydrogens (tertiary/aromatic N) is 2. The zero-order valence-corrected chi connectivity index (χ0v) is 16.0. The zero-order chi connectivity index (χ0) is 18.5. The Labute approximate surface area is 164 Å². The number of rotatable bonds is 6. The van der Waals surface area contributed by atoms with Gasteiger partial charge < -0.3 is 9.30 Å². The lowest BCUT2D eigenvalue weighted by molar-refractivity contribution is 0.0526. The SMILES string of the molecule is CCOC(=O)c1cc(C(=O)c2ccc(C)cc2)n(Cc2ccccn2)c1.Cl. The predicted octanol–water partition coefficient (Wildman–Crippen LogP) is 4.07. The van der Waals surface area contributed by atoms with Gasteiger partial charge in [0.15, 0.2) is 0 Å². The van der Waals surface area contributed by atoms with Crippen LogP contribution in [-0.4, -0.2) is 27.9 Å². The van der Waals surface area contributed by atoms with Crippen molar-refractivity contribution in [3.63, 3.8) is 0 Å². The van der Waals surface area contributed by atoms with Gasteiger partial charge in [0.05, 0.1) is 30.1 Å². The van der Waals surface area contributed by atoms with Crippen molar-refractivity contribution in [2.24, 2.45) is 0 Å². The van der Waals surface area contributed by atoms with Crippen LogP contribution in [0.5, 0.6) is 0 Å². The van der Waals surface area contributed by atoms with Crippen LogP contribution in [0.25, 0.3) is 0 Å². The van der Waals surface area contributed by atoms with Crippen molar-refractivity contribution in [1.29, 1.82) is 0 Å². The van der Waals surface area contributed by atoms with Gasteiger partial charge in [-0.2, -0.15) is 0 Å². The van der Waals surface area contributed by atoms with Gasteiger partial charge in [0.25, 0.3) is 0 Å². The molecule has 2 aromatic heterocycles. The minimum Gasteiger partial charge on any atom is -0.462 e. The smallest absolute Gasteiger partial charge is 0.339 e. The van der Waals surface area contributed by atoms with Crippen molar-refractivity contribution in [3.8, 4) is 0 Å². The highest BCUT2D eigenvalue weighted by Gasteiger charge is 2.19. The third-order valence-corrected chi connectivity index (χ3v) is 4.01. The van der Waals surface area contributed by atoms with Gasteiger partial charge in [0, 0.05) is 18.0 Å². The molecule has 0 unspecified atom stereocenters. The molecule has 27 heavy (non-hydrogen) atoms. The second kappa shape index (κ2) is 9.14. The number of ketones is 1. The number of hydrogen-bond donors (Lipinski definition) is 0. The maximum atomic E-state index is 13.0. The third kappa shape index (κ3) is 4.83. The molecule has 0 saturated heterocycles. The highest BCUT2D eigenvalue weighted by molar-refractivity contribution is 6.09. The maximum Gasteiger partial charge on any atom is 0.339 e. The summed E-state index contributed by atoms with van der Waals surface area (Å²) in [4.78, 5) is 29.4. The second-order valence-electron chi connectivity index (χ2n) is 5.98. The maximum absolute atomic E-state index is 13.0. The molecule has 0 radical (unpaired) electrons. The molecule has 3 aromatic rings. The number of pyridine rings is 1. The minimum atomic E-state index is -0.440. The van der Waals surface area contributed by atoms with E-state index in [0.717, 1.165) is 11.3 Å². The normalized spacial score (nSPS) is 10.1. The second-order valence-corrected chi connectivity index (χ2v) is 5.98. The fraction of sp³-hybridized carbons (Fsp3) is 0.190. The number of benzene rings is 1.